The summed E-state index contributed by atoms with van der Waals surface area (Å²) in [4.78, 5) is 38.0. The monoisotopic (exact) mass is 423 g/mol. The lowest BCUT2D eigenvalue weighted by Gasteiger charge is -2.34. The molecule has 1 aliphatic rings. The Morgan fingerprint density at radius 3 is 2.52 bits per heavy atom. The number of aromatic nitrogens is 4. The number of amides is 1. The van der Waals surface area contributed by atoms with Crippen LogP contribution in [0.15, 0.2) is 35.1 Å². The molecule has 2 N–H and O–H groups in total. The highest BCUT2D eigenvalue weighted by molar-refractivity contribution is 5.90. The molecule has 31 heavy (non-hydrogen) atoms. The summed E-state index contributed by atoms with van der Waals surface area (Å²) in [5.41, 5.74) is 2.27. The summed E-state index contributed by atoms with van der Waals surface area (Å²) in [7, 11) is 0. The number of benzene rings is 1. The van der Waals surface area contributed by atoms with Gasteiger partial charge in [0, 0.05) is 50.5 Å². The maximum atomic E-state index is 12.4. The van der Waals surface area contributed by atoms with Gasteiger partial charge in [-0.3, -0.25) is 19.6 Å². The van der Waals surface area contributed by atoms with E-state index in [1.165, 1.54) is 10.1 Å². The lowest BCUT2D eigenvalue weighted by Crippen LogP contribution is -2.46. The smallest absolute Gasteiger partial charge is 0.288 e. The van der Waals surface area contributed by atoms with Crippen LogP contribution >= 0.6 is 0 Å². The molecule has 1 aliphatic heterocycles. The second kappa shape index (κ2) is 9.40. The van der Waals surface area contributed by atoms with Crippen molar-refractivity contribution in [3.63, 3.8) is 0 Å². The molecule has 1 fully saturated rings. The topological polar surface area (TPSA) is 98.6 Å². The Morgan fingerprint density at radius 1 is 1.06 bits per heavy atom. The SMILES string of the molecule is Cc1nc2nc(C(=O)NCCCN3CCN(Cc4ccccc4)CC3)[nH]n2c(=O)c1C. The number of fused-ring (bicyclic) bond motifs is 1. The Bertz CT molecular complexity index is 1100. The zero-order valence-electron chi connectivity index (χ0n) is 18.1. The van der Waals surface area contributed by atoms with E-state index in [1.54, 1.807) is 13.8 Å². The number of carbonyl (C=O) groups excluding carboxylic acids is 1. The van der Waals surface area contributed by atoms with Crippen LogP contribution in [0.1, 0.15) is 33.9 Å². The molecule has 1 saturated heterocycles. The maximum Gasteiger partial charge on any atom is 0.288 e. The summed E-state index contributed by atoms with van der Waals surface area (Å²) in [6, 6.07) is 10.6. The number of piperazine rings is 1. The first-order valence-corrected chi connectivity index (χ1v) is 10.7. The molecular formula is C22H29N7O2. The van der Waals surface area contributed by atoms with Gasteiger partial charge in [0.25, 0.3) is 17.2 Å². The van der Waals surface area contributed by atoms with E-state index in [0.717, 1.165) is 45.7 Å². The van der Waals surface area contributed by atoms with Gasteiger partial charge in [-0.1, -0.05) is 30.3 Å². The summed E-state index contributed by atoms with van der Waals surface area (Å²) < 4.78 is 1.21. The highest BCUT2D eigenvalue weighted by Crippen LogP contribution is 2.08. The number of carbonyl (C=O) groups is 1. The number of nitrogens with one attached hydrogen (secondary N) is 2. The van der Waals surface area contributed by atoms with Gasteiger partial charge in [-0.15, -0.1) is 0 Å². The Morgan fingerprint density at radius 2 is 1.77 bits per heavy atom. The van der Waals surface area contributed by atoms with Crippen LogP contribution < -0.4 is 10.9 Å². The molecular weight excluding hydrogens is 394 g/mol. The van der Waals surface area contributed by atoms with E-state index in [9.17, 15) is 9.59 Å². The molecule has 3 heterocycles. The predicted octanol–water partition coefficient (Wildman–Crippen LogP) is 0.972. The number of aryl methyl sites for hydroxylation is 1. The highest BCUT2D eigenvalue weighted by Gasteiger charge is 2.17. The highest BCUT2D eigenvalue weighted by atomic mass is 16.2. The van der Waals surface area contributed by atoms with E-state index in [-0.39, 0.29) is 23.1 Å². The predicted molar refractivity (Wildman–Crippen MR) is 118 cm³/mol. The number of rotatable bonds is 7. The summed E-state index contributed by atoms with van der Waals surface area (Å²) >= 11 is 0. The van der Waals surface area contributed by atoms with Crippen molar-refractivity contribution in [2.75, 3.05) is 39.3 Å². The third-order valence-electron chi connectivity index (χ3n) is 5.83. The molecule has 0 saturated carbocycles. The van der Waals surface area contributed by atoms with Crippen LogP contribution in [0.25, 0.3) is 5.78 Å². The fraction of sp³-hybridized carbons (Fsp3) is 0.455. The quantitative estimate of drug-likeness (QED) is 0.550. The summed E-state index contributed by atoms with van der Waals surface area (Å²) in [6.45, 7) is 10.2. The second-order valence-corrected chi connectivity index (χ2v) is 8.05. The van der Waals surface area contributed by atoms with Gasteiger partial charge >= 0.3 is 0 Å². The van der Waals surface area contributed by atoms with Crippen LogP contribution in [0.4, 0.5) is 0 Å². The van der Waals surface area contributed by atoms with Crippen molar-refractivity contribution in [3.8, 4) is 0 Å². The average molecular weight is 424 g/mol. The van der Waals surface area contributed by atoms with Gasteiger partial charge in [0.15, 0.2) is 0 Å². The first-order chi connectivity index (χ1) is 15.0. The van der Waals surface area contributed by atoms with Gasteiger partial charge in [0.1, 0.15) is 0 Å². The molecule has 0 radical (unpaired) electrons. The third-order valence-corrected chi connectivity index (χ3v) is 5.83. The van der Waals surface area contributed by atoms with Gasteiger partial charge in [-0.05, 0) is 32.4 Å². The molecule has 0 atom stereocenters. The Balaban J connectivity index is 1.20. The van der Waals surface area contributed by atoms with E-state index >= 15 is 0 Å². The van der Waals surface area contributed by atoms with E-state index in [4.69, 9.17) is 0 Å². The standard InChI is InChI=1S/C22H29N7O2/c1-16-17(2)24-22-25-19(26-29(22)21(16)31)20(30)23-9-6-10-27-11-13-28(14-12-27)15-18-7-4-3-5-8-18/h3-5,7-8H,6,9-15H2,1-2H3,(H,23,30)(H,24,25,26). The number of hydrogen-bond acceptors (Lipinski definition) is 6. The van der Waals surface area contributed by atoms with Crippen molar-refractivity contribution < 1.29 is 4.79 Å². The normalized spacial score (nSPS) is 15.4. The van der Waals surface area contributed by atoms with Crippen molar-refractivity contribution in [1.82, 2.24) is 34.7 Å². The zero-order chi connectivity index (χ0) is 21.8. The zero-order valence-corrected chi connectivity index (χ0v) is 18.1. The van der Waals surface area contributed by atoms with Crippen molar-refractivity contribution in [2.24, 2.45) is 0 Å². The van der Waals surface area contributed by atoms with Gasteiger partial charge < -0.3 is 10.2 Å². The van der Waals surface area contributed by atoms with Crippen LogP contribution in [0.2, 0.25) is 0 Å². The Kier molecular flexibility index (Phi) is 6.43. The van der Waals surface area contributed by atoms with Gasteiger partial charge in [0.05, 0.1) is 0 Å². The fourth-order valence-corrected chi connectivity index (χ4v) is 3.81. The third kappa shape index (κ3) is 5.00. The molecule has 164 valence electrons. The largest absolute Gasteiger partial charge is 0.349 e. The van der Waals surface area contributed by atoms with Crippen LogP contribution in [-0.2, 0) is 6.54 Å². The molecule has 9 heteroatoms. The van der Waals surface area contributed by atoms with Crippen LogP contribution in [-0.4, -0.2) is 74.6 Å². The lowest BCUT2D eigenvalue weighted by atomic mass is 10.2. The van der Waals surface area contributed by atoms with Crippen molar-refractivity contribution in [3.05, 3.63) is 63.3 Å². The summed E-state index contributed by atoms with van der Waals surface area (Å²) in [6.07, 6.45) is 0.862. The Labute approximate surface area is 181 Å². The van der Waals surface area contributed by atoms with Crippen LogP contribution in [0.5, 0.6) is 0 Å². The molecule has 4 rings (SSSR count). The number of H-pyrrole nitrogens is 1. The summed E-state index contributed by atoms with van der Waals surface area (Å²) in [5, 5.41) is 5.63. The molecule has 0 spiro atoms. The first-order valence-electron chi connectivity index (χ1n) is 10.7. The molecule has 1 aromatic carbocycles. The molecule has 3 aromatic rings. The van der Waals surface area contributed by atoms with Gasteiger partial charge in [0.2, 0.25) is 5.82 Å². The van der Waals surface area contributed by atoms with Crippen LogP contribution in [0.3, 0.4) is 0 Å². The van der Waals surface area contributed by atoms with E-state index < -0.39 is 0 Å². The van der Waals surface area contributed by atoms with Crippen LogP contribution in [0, 0.1) is 13.8 Å². The summed E-state index contributed by atoms with van der Waals surface area (Å²) in [5.74, 6) is -0.0105. The van der Waals surface area contributed by atoms with E-state index in [0.29, 0.717) is 17.8 Å². The van der Waals surface area contributed by atoms with Gasteiger partial charge in [-0.2, -0.15) is 9.50 Å². The molecule has 0 aliphatic carbocycles. The minimum Gasteiger partial charge on any atom is -0.349 e. The molecule has 0 bridgehead atoms. The fourth-order valence-electron chi connectivity index (χ4n) is 3.81. The number of hydrogen-bond donors (Lipinski definition) is 2. The average Bonchev–Trinajstić information content (AvgIpc) is 3.21. The molecule has 1 amide bonds. The number of aromatic amines is 1. The lowest BCUT2D eigenvalue weighted by molar-refractivity contribution is 0.0937. The Hall–Kier alpha value is -3.04. The molecule has 0 unspecified atom stereocenters. The van der Waals surface area contributed by atoms with Crippen molar-refractivity contribution >= 4 is 11.7 Å². The maximum absolute atomic E-state index is 12.4. The first kappa shape index (κ1) is 21.2. The second-order valence-electron chi connectivity index (χ2n) is 8.05. The minimum atomic E-state index is -0.326. The van der Waals surface area contributed by atoms with E-state index in [2.05, 4.69) is 54.4 Å². The van der Waals surface area contributed by atoms with Crippen molar-refractivity contribution in [1.29, 1.82) is 0 Å². The molecule has 2 aromatic heterocycles. The van der Waals surface area contributed by atoms with Gasteiger partial charge in [-0.25, -0.2) is 4.98 Å². The van der Waals surface area contributed by atoms with Crippen molar-refractivity contribution in [2.45, 2.75) is 26.8 Å². The number of nitrogens with zero attached hydrogens (tertiary/aromatic N) is 5. The molecule has 9 nitrogen and oxygen atoms in total. The minimum absolute atomic E-state index is 0.101. The van der Waals surface area contributed by atoms with E-state index in [1.807, 2.05) is 6.07 Å².